The molecular weight excluding hydrogens is 468 g/mol. The quantitative estimate of drug-likeness (QED) is 0.548. The standard InChI is InChI=1S/C27H25F2N3O4/c1-16(2)20-9-6-14-36-26-18(10-11-19(28)22(26)29)23(17-7-4-3-5-8-17)32-15-30(20)27(35)24-25(34)21(33)12-13-31(24)32/h3-13,16,20,23,34H,14-15H2,1-2H3/b9-6-/t20-,23-/m1/s1. The molecule has 9 heteroatoms. The zero-order valence-electron chi connectivity index (χ0n) is 19.8. The van der Waals surface area contributed by atoms with Crippen molar-refractivity contribution < 1.29 is 23.4 Å². The molecule has 0 fully saturated rings. The van der Waals surface area contributed by atoms with E-state index in [-0.39, 0.29) is 30.6 Å². The summed E-state index contributed by atoms with van der Waals surface area (Å²) in [4.78, 5) is 27.6. The van der Waals surface area contributed by atoms with Gasteiger partial charge in [-0.15, -0.1) is 0 Å². The molecule has 1 N–H and O–H groups in total. The molecule has 0 radical (unpaired) electrons. The SMILES string of the molecule is CC(C)[C@H]1/C=C\COc2c(ccc(F)c2F)[C@@H](c2ccccc2)N2CN1C(=O)c1c(O)c(=O)ccn12. The number of aromatic nitrogens is 1. The summed E-state index contributed by atoms with van der Waals surface area (Å²) in [6, 6.07) is 11.6. The molecule has 2 aliphatic rings. The highest BCUT2D eigenvalue weighted by Crippen LogP contribution is 2.39. The molecule has 0 unspecified atom stereocenters. The molecule has 1 aromatic heterocycles. The van der Waals surface area contributed by atoms with Gasteiger partial charge in [0.25, 0.3) is 5.91 Å². The van der Waals surface area contributed by atoms with E-state index in [1.807, 2.05) is 44.2 Å². The Hall–Kier alpha value is -4.14. The van der Waals surface area contributed by atoms with Crippen LogP contribution in [0.15, 0.2) is 71.7 Å². The Morgan fingerprint density at radius 2 is 1.81 bits per heavy atom. The van der Waals surface area contributed by atoms with Gasteiger partial charge in [0.05, 0.1) is 6.04 Å². The maximum atomic E-state index is 15.1. The number of hydrogen-bond acceptors (Lipinski definition) is 5. The Labute approximate surface area is 206 Å². The number of rotatable bonds is 2. The number of carbonyl (C=O) groups is 1. The highest BCUT2D eigenvalue weighted by atomic mass is 19.2. The van der Waals surface area contributed by atoms with Gasteiger partial charge >= 0.3 is 0 Å². The van der Waals surface area contributed by atoms with Gasteiger partial charge in [-0.2, -0.15) is 4.39 Å². The molecule has 0 saturated heterocycles. The van der Waals surface area contributed by atoms with Crippen LogP contribution in [0.3, 0.4) is 0 Å². The smallest absolute Gasteiger partial charge is 0.278 e. The molecule has 0 aliphatic carbocycles. The van der Waals surface area contributed by atoms with Crippen LogP contribution in [0.5, 0.6) is 11.5 Å². The Bertz CT molecular complexity index is 1400. The molecule has 0 saturated carbocycles. The number of amides is 1. The predicted octanol–water partition coefficient (Wildman–Crippen LogP) is 3.95. The molecule has 2 aliphatic heterocycles. The Kier molecular flexibility index (Phi) is 5.99. The molecule has 3 aromatic rings. The fourth-order valence-corrected chi connectivity index (χ4v) is 4.86. The fraction of sp³-hybridized carbons (Fsp3) is 0.259. The van der Waals surface area contributed by atoms with Crippen molar-refractivity contribution in [2.24, 2.45) is 5.92 Å². The van der Waals surface area contributed by atoms with E-state index in [4.69, 9.17) is 4.74 Å². The Balaban J connectivity index is 1.85. The van der Waals surface area contributed by atoms with E-state index >= 15 is 4.39 Å². The van der Waals surface area contributed by atoms with Crippen LogP contribution in [0.25, 0.3) is 0 Å². The molecule has 3 heterocycles. The number of hydrogen-bond donors (Lipinski definition) is 1. The van der Waals surface area contributed by atoms with Crippen LogP contribution in [-0.4, -0.2) is 39.9 Å². The van der Waals surface area contributed by atoms with Crippen LogP contribution in [0.1, 0.15) is 41.5 Å². The summed E-state index contributed by atoms with van der Waals surface area (Å²) in [6.07, 6.45) is 4.84. The Morgan fingerprint density at radius 3 is 2.53 bits per heavy atom. The molecule has 2 atom stereocenters. The molecule has 2 bridgehead atoms. The first-order valence-corrected chi connectivity index (χ1v) is 11.6. The number of pyridine rings is 1. The zero-order valence-corrected chi connectivity index (χ0v) is 19.8. The predicted molar refractivity (Wildman–Crippen MR) is 130 cm³/mol. The lowest BCUT2D eigenvalue weighted by Gasteiger charge is -2.46. The summed E-state index contributed by atoms with van der Waals surface area (Å²) in [5.74, 6) is -3.63. The second-order valence-electron chi connectivity index (χ2n) is 9.14. The second-order valence-corrected chi connectivity index (χ2v) is 9.14. The maximum absolute atomic E-state index is 15.1. The lowest BCUT2D eigenvalue weighted by atomic mass is 9.96. The van der Waals surface area contributed by atoms with Gasteiger partial charge in [-0.1, -0.05) is 50.3 Å². The topological polar surface area (TPSA) is 75.0 Å². The highest BCUT2D eigenvalue weighted by Gasteiger charge is 2.40. The van der Waals surface area contributed by atoms with Gasteiger partial charge < -0.3 is 14.7 Å². The van der Waals surface area contributed by atoms with Crippen molar-refractivity contribution in [3.63, 3.8) is 0 Å². The number of ether oxygens (including phenoxy) is 1. The van der Waals surface area contributed by atoms with E-state index in [0.717, 1.165) is 12.1 Å². The number of aromatic hydroxyl groups is 1. The van der Waals surface area contributed by atoms with Gasteiger partial charge in [0.2, 0.25) is 11.2 Å². The lowest BCUT2D eigenvalue weighted by molar-refractivity contribution is 0.0588. The summed E-state index contributed by atoms with van der Waals surface area (Å²) < 4.78 is 36.6. The van der Waals surface area contributed by atoms with Crippen LogP contribution >= 0.6 is 0 Å². The lowest BCUT2D eigenvalue weighted by Crippen LogP contribution is -2.58. The third-order valence-corrected chi connectivity index (χ3v) is 6.58. The molecule has 36 heavy (non-hydrogen) atoms. The van der Waals surface area contributed by atoms with Crippen molar-refractivity contribution in [3.05, 3.63) is 106 Å². The highest BCUT2D eigenvalue weighted by molar-refractivity contribution is 5.96. The van der Waals surface area contributed by atoms with Gasteiger partial charge in [-0.3, -0.25) is 19.3 Å². The van der Waals surface area contributed by atoms with Gasteiger partial charge in [0, 0.05) is 17.8 Å². The van der Waals surface area contributed by atoms with Gasteiger partial charge in [0.15, 0.2) is 23.0 Å². The van der Waals surface area contributed by atoms with Crippen molar-refractivity contribution in [3.8, 4) is 11.5 Å². The largest absolute Gasteiger partial charge is 0.502 e. The summed E-state index contributed by atoms with van der Waals surface area (Å²) >= 11 is 0. The first-order chi connectivity index (χ1) is 17.3. The summed E-state index contributed by atoms with van der Waals surface area (Å²) in [6.45, 7) is 3.88. The number of benzene rings is 2. The number of halogens is 2. The third-order valence-electron chi connectivity index (χ3n) is 6.58. The molecule has 1 amide bonds. The molecule has 186 valence electrons. The summed E-state index contributed by atoms with van der Waals surface area (Å²) in [7, 11) is 0. The van der Waals surface area contributed by atoms with E-state index < -0.39 is 40.8 Å². The first-order valence-electron chi connectivity index (χ1n) is 11.6. The van der Waals surface area contributed by atoms with Crippen LogP contribution in [0, 0.1) is 17.6 Å². The van der Waals surface area contributed by atoms with Gasteiger partial charge in [-0.25, -0.2) is 4.39 Å². The molecule has 5 rings (SSSR count). The molecule has 7 nitrogen and oxygen atoms in total. The first kappa shape index (κ1) is 23.6. The van der Waals surface area contributed by atoms with E-state index in [1.54, 1.807) is 22.1 Å². The summed E-state index contributed by atoms with van der Waals surface area (Å²) in [5, 5.41) is 12.4. The van der Waals surface area contributed by atoms with Crippen LogP contribution in [0.4, 0.5) is 8.78 Å². The molecular formula is C27H25F2N3O4. The van der Waals surface area contributed by atoms with Crippen molar-refractivity contribution in [2.75, 3.05) is 18.3 Å². The number of carbonyl (C=O) groups excluding carboxylic acids is 1. The average Bonchev–Trinajstić information content (AvgIpc) is 2.89. The second kappa shape index (κ2) is 9.14. The van der Waals surface area contributed by atoms with Crippen molar-refractivity contribution >= 4 is 5.91 Å². The van der Waals surface area contributed by atoms with Crippen molar-refractivity contribution in [2.45, 2.75) is 25.9 Å². The minimum atomic E-state index is -1.12. The van der Waals surface area contributed by atoms with E-state index in [0.29, 0.717) is 11.1 Å². The fourth-order valence-electron chi connectivity index (χ4n) is 4.86. The monoisotopic (exact) mass is 493 g/mol. The minimum absolute atomic E-state index is 0.0383. The van der Waals surface area contributed by atoms with Crippen LogP contribution in [-0.2, 0) is 0 Å². The van der Waals surface area contributed by atoms with E-state index in [2.05, 4.69) is 0 Å². The minimum Gasteiger partial charge on any atom is -0.502 e. The number of nitrogens with zero attached hydrogens (tertiary/aromatic N) is 3. The van der Waals surface area contributed by atoms with Crippen LogP contribution < -0.4 is 15.2 Å². The zero-order chi connectivity index (χ0) is 25.6. The Morgan fingerprint density at radius 1 is 1.06 bits per heavy atom. The maximum Gasteiger partial charge on any atom is 0.278 e. The van der Waals surface area contributed by atoms with Gasteiger partial charge in [-0.05, 0) is 29.7 Å². The van der Waals surface area contributed by atoms with Crippen molar-refractivity contribution in [1.29, 1.82) is 0 Å². The van der Waals surface area contributed by atoms with E-state index in [9.17, 15) is 19.1 Å². The van der Waals surface area contributed by atoms with E-state index in [1.165, 1.54) is 16.9 Å². The summed E-state index contributed by atoms with van der Waals surface area (Å²) in [5.41, 5.74) is 0.151. The van der Waals surface area contributed by atoms with Crippen molar-refractivity contribution in [1.82, 2.24) is 9.58 Å². The normalized spacial score (nSPS) is 20.3. The molecule has 0 spiro atoms. The average molecular weight is 494 g/mol. The third kappa shape index (κ3) is 3.80. The molecule has 2 aromatic carbocycles. The van der Waals surface area contributed by atoms with Crippen LogP contribution in [0.2, 0.25) is 0 Å². The van der Waals surface area contributed by atoms with Gasteiger partial charge in [0.1, 0.15) is 19.3 Å². The number of fused-ring (bicyclic) bond motifs is 5.